The number of thiophene rings is 1. The zero-order valence-electron chi connectivity index (χ0n) is 16.1. The first-order valence-corrected chi connectivity index (χ1v) is 11.8. The van der Waals surface area contributed by atoms with Crippen LogP contribution in [0.15, 0.2) is 23.6 Å². The first kappa shape index (κ1) is 22.1. The summed E-state index contributed by atoms with van der Waals surface area (Å²) in [6, 6.07) is 3.09. The van der Waals surface area contributed by atoms with E-state index in [1.165, 1.54) is 18.2 Å². The molecule has 3 amide bonds. The van der Waals surface area contributed by atoms with E-state index in [9.17, 15) is 36.0 Å². The second-order valence-corrected chi connectivity index (χ2v) is 10.1. The summed E-state index contributed by atoms with van der Waals surface area (Å²) >= 11 is 0.669. The molecule has 2 aromatic rings. The topological polar surface area (TPSA) is 119 Å². The largest absolute Gasteiger partial charge is 0.471 e. The summed E-state index contributed by atoms with van der Waals surface area (Å²) in [6.45, 7) is -0.0589. The molecule has 0 saturated carbocycles. The number of hydrogen-bond donors (Lipinski definition) is 1. The molecule has 0 radical (unpaired) electrons. The van der Waals surface area contributed by atoms with E-state index in [0.717, 1.165) is 11.6 Å². The van der Waals surface area contributed by atoms with Crippen LogP contribution in [0.25, 0.3) is 0 Å². The van der Waals surface area contributed by atoms with Gasteiger partial charge in [0.25, 0.3) is 11.8 Å². The Kier molecular flexibility index (Phi) is 5.16. The third kappa shape index (κ3) is 3.90. The lowest BCUT2D eigenvalue weighted by Gasteiger charge is -2.26. The molecule has 0 spiro atoms. The van der Waals surface area contributed by atoms with Crippen LogP contribution in [0, 0.1) is 0 Å². The monoisotopic (exact) mass is 490 g/mol. The molecule has 32 heavy (non-hydrogen) atoms. The fraction of sp³-hybridized carbons (Fsp3) is 0.278. The van der Waals surface area contributed by atoms with Gasteiger partial charge in [-0.05, 0) is 17.7 Å². The highest BCUT2D eigenvalue weighted by molar-refractivity contribution is 7.90. The van der Waals surface area contributed by atoms with Gasteiger partial charge in [0.05, 0.1) is 23.0 Å². The summed E-state index contributed by atoms with van der Waals surface area (Å²) in [5, 5.41) is 2.64. The molecule has 1 N–H and O–H groups in total. The molecule has 4 rings (SSSR count). The van der Waals surface area contributed by atoms with E-state index in [1.54, 1.807) is 5.32 Å². The number of alkyl halides is 3. The van der Waals surface area contributed by atoms with Crippen LogP contribution >= 0.6 is 11.3 Å². The van der Waals surface area contributed by atoms with Crippen LogP contribution in [0.2, 0.25) is 0 Å². The zero-order chi connectivity index (χ0) is 23.4. The zero-order valence-corrected chi connectivity index (χ0v) is 17.7. The molecule has 1 aromatic carbocycles. The van der Waals surface area contributed by atoms with Gasteiger partial charge in [-0.3, -0.25) is 19.3 Å². The Bertz CT molecular complexity index is 1250. The van der Waals surface area contributed by atoms with E-state index in [4.69, 9.17) is 9.47 Å². The molecular formula is C18H13F3N2O7S2. The van der Waals surface area contributed by atoms with Crippen LogP contribution in [0.5, 0.6) is 11.5 Å². The summed E-state index contributed by atoms with van der Waals surface area (Å²) in [5.41, 5.74) is -0.647. The molecule has 14 heteroatoms. The molecule has 1 aromatic heterocycles. The number of rotatable bonds is 5. The minimum absolute atomic E-state index is 0.0589. The van der Waals surface area contributed by atoms with Gasteiger partial charge in [-0.15, -0.1) is 11.3 Å². The Morgan fingerprint density at radius 3 is 2.56 bits per heavy atom. The second-order valence-electron chi connectivity index (χ2n) is 7.01. The van der Waals surface area contributed by atoms with Crippen molar-refractivity contribution in [2.24, 2.45) is 0 Å². The number of benzene rings is 1. The Hall–Kier alpha value is -3.13. The molecule has 9 nitrogen and oxygen atoms in total. The van der Waals surface area contributed by atoms with Gasteiger partial charge >= 0.3 is 12.1 Å². The lowest BCUT2D eigenvalue weighted by Crippen LogP contribution is -2.38. The van der Waals surface area contributed by atoms with Gasteiger partial charge in [0, 0.05) is 11.6 Å². The minimum atomic E-state index is -5.20. The van der Waals surface area contributed by atoms with Crippen molar-refractivity contribution in [3.05, 3.63) is 39.6 Å². The highest BCUT2D eigenvalue weighted by Gasteiger charge is 2.46. The number of hydrogen-bond acceptors (Lipinski definition) is 8. The maximum absolute atomic E-state index is 13.1. The van der Waals surface area contributed by atoms with Crippen LogP contribution in [0.1, 0.15) is 31.6 Å². The predicted octanol–water partition coefficient (Wildman–Crippen LogP) is 2.36. The van der Waals surface area contributed by atoms with Crippen LogP contribution in [-0.4, -0.2) is 56.0 Å². The molecule has 0 aliphatic carbocycles. The van der Waals surface area contributed by atoms with Crippen LogP contribution in [-0.2, 0) is 14.6 Å². The average Bonchev–Trinajstić information content (AvgIpc) is 3.36. The number of nitrogens with zero attached hydrogens (tertiary/aromatic N) is 1. The molecule has 2 aliphatic rings. The Morgan fingerprint density at radius 2 is 1.91 bits per heavy atom. The van der Waals surface area contributed by atoms with Crippen LogP contribution in [0.4, 0.5) is 18.9 Å². The van der Waals surface area contributed by atoms with Gasteiger partial charge in [-0.1, -0.05) is 6.07 Å². The summed E-state index contributed by atoms with van der Waals surface area (Å²) in [6.07, 6.45) is -4.28. The Balaban J connectivity index is 1.73. The van der Waals surface area contributed by atoms with Gasteiger partial charge in [-0.25, -0.2) is 8.42 Å². The molecule has 170 valence electrons. The fourth-order valence-electron chi connectivity index (χ4n) is 3.34. The first-order valence-electron chi connectivity index (χ1n) is 8.81. The van der Waals surface area contributed by atoms with Crippen molar-refractivity contribution in [2.75, 3.05) is 24.1 Å². The minimum Gasteiger partial charge on any atom is -0.454 e. The number of carbonyl (C=O) groups is 3. The molecule has 0 fully saturated rings. The maximum Gasteiger partial charge on any atom is 0.471 e. The SMILES string of the molecule is CS(=O)(=O)C[C@@H](c1ccc2c(c1)OCO2)N1C(=O)c2scc(NC(=O)C(F)(F)F)c2C1=O. The summed E-state index contributed by atoms with van der Waals surface area (Å²) in [5.74, 6) is -4.16. The van der Waals surface area contributed by atoms with E-state index in [1.807, 2.05) is 0 Å². The summed E-state index contributed by atoms with van der Waals surface area (Å²) < 4.78 is 72.5. The number of imide groups is 1. The molecular weight excluding hydrogens is 477 g/mol. The number of halogens is 3. The van der Waals surface area contributed by atoms with Crippen molar-refractivity contribution in [2.45, 2.75) is 12.2 Å². The number of anilines is 1. The smallest absolute Gasteiger partial charge is 0.454 e. The number of fused-ring (bicyclic) bond motifs is 2. The van der Waals surface area contributed by atoms with Crippen LogP contribution in [0.3, 0.4) is 0 Å². The normalized spacial score (nSPS) is 16.3. The lowest BCUT2D eigenvalue weighted by atomic mass is 10.1. The standard InChI is InChI=1S/C18H13F3N2O7S2/c1-32(27,28)6-10(8-2-3-11-12(4-8)30-7-29-11)23-15(24)13-9(5-31-14(13)16(23)25)22-17(26)18(19,20)21/h2-5,10H,6-7H2,1H3,(H,22,26)/t10-/m0/s1. The van der Waals surface area contributed by atoms with Crippen LogP contribution < -0.4 is 14.8 Å². The third-order valence-electron chi connectivity index (χ3n) is 4.70. The number of ether oxygens (including phenoxy) is 2. The number of nitrogens with one attached hydrogen (secondary N) is 1. The number of amides is 3. The molecule has 3 heterocycles. The first-order chi connectivity index (χ1) is 14.9. The highest BCUT2D eigenvalue weighted by Crippen LogP contribution is 2.42. The van der Waals surface area contributed by atoms with E-state index in [2.05, 4.69) is 0 Å². The van der Waals surface area contributed by atoms with E-state index < -0.39 is 56.8 Å². The van der Waals surface area contributed by atoms with Crippen molar-refractivity contribution >= 4 is 44.6 Å². The number of carbonyl (C=O) groups excluding carboxylic acids is 3. The fourth-order valence-corrected chi connectivity index (χ4v) is 5.19. The summed E-state index contributed by atoms with van der Waals surface area (Å²) in [7, 11) is -3.72. The molecule has 0 bridgehead atoms. The van der Waals surface area contributed by atoms with Crippen molar-refractivity contribution in [1.29, 1.82) is 0 Å². The van der Waals surface area contributed by atoms with Gasteiger partial charge < -0.3 is 14.8 Å². The van der Waals surface area contributed by atoms with Gasteiger partial charge in [-0.2, -0.15) is 13.2 Å². The van der Waals surface area contributed by atoms with Crippen molar-refractivity contribution in [3.8, 4) is 11.5 Å². The van der Waals surface area contributed by atoms with Gasteiger partial charge in [0.2, 0.25) is 6.79 Å². The van der Waals surface area contributed by atoms with E-state index in [-0.39, 0.29) is 23.0 Å². The third-order valence-corrected chi connectivity index (χ3v) is 6.59. The van der Waals surface area contributed by atoms with Gasteiger partial charge in [0.15, 0.2) is 11.5 Å². The van der Waals surface area contributed by atoms with Crippen molar-refractivity contribution in [1.82, 2.24) is 4.90 Å². The molecule has 0 saturated heterocycles. The second kappa shape index (κ2) is 7.48. The summed E-state index contributed by atoms with van der Waals surface area (Å²) in [4.78, 5) is 37.8. The van der Waals surface area contributed by atoms with E-state index >= 15 is 0 Å². The Labute approximate surface area is 182 Å². The van der Waals surface area contributed by atoms with Crippen molar-refractivity contribution in [3.63, 3.8) is 0 Å². The van der Waals surface area contributed by atoms with E-state index in [0.29, 0.717) is 22.0 Å². The molecule has 0 unspecified atom stereocenters. The number of sulfone groups is 1. The van der Waals surface area contributed by atoms with Crippen molar-refractivity contribution < 1.29 is 45.4 Å². The lowest BCUT2D eigenvalue weighted by molar-refractivity contribution is -0.167. The quantitative estimate of drug-likeness (QED) is 0.639. The highest BCUT2D eigenvalue weighted by atomic mass is 32.2. The molecule has 2 aliphatic heterocycles. The maximum atomic E-state index is 13.1. The predicted molar refractivity (Wildman–Crippen MR) is 105 cm³/mol. The molecule has 1 atom stereocenters. The van der Waals surface area contributed by atoms with Gasteiger partial charge in [0.1, 0.15) is 14.7 Å². The Morgan fingerprint density at radius 1 is 1.22 bits per heavy atom. The average molecular weight is 490 g/mol.